The lowest BCUT2D eigenvalue weighted by molar-refractivity contribution is 0.349. The number of nitrogens with two attached hydrogens (primary N) is 1. The summed E-state index contributed by atoms with van der Waals surface area (Å²) < 4.78 is 63.8. The van der Waals surface area contributed by atoms with Crippen LogP contribution in [0.25, 0.3) is 10.8 Å². The van der Waals surface area contributed by atoms with Crippen LogP contribution < -0.4 is 16.0 Å². The predicted molar refractivity (Wildman–Crippen MR) is 131 cm³/mol. The molecule has 0 spiro atoms. The van der Waals surface area contributed by atoms with Crippen molar-refractivity contribution in [1.29, 1.82) is 0 Å². The van der Waals surface area contributed by atoms with Gasteiger partial charge in [0.25, 0.3) is 0 Å². The van der Waals surface area contributed by atoms with Gasteiger partial charge in [0, 0.05) is 6.20 Å². The maximum absolute atomic E-state index is 10.4. The van der Waals surface area contributed by atoms with Gasteiger partial charge in [-0.3, -0.25) is 9.11 Å². The first-order chi connectivity index (χ1) is 15.9. The van der Waals surface area contributed by atoms with Gasteiger partial charge in [0.1, 0.15) is 5.75 Å². The van der Waals surface area contributed by atoms with Crippen LogP contribution in [0, 0.1) is 6.92 Å². The zero-order chi connectivity index (χ0) is 25.4. The molecule has 1 aliphatic rings. The number of hydrazone groups is 1. The predicted octanol–water partition coefficient (Wildman–Crippen LogP) is 2.75. The van der Waals surface area contributed by atoms with Crippen molar-refractivity contribution in [2.75, 3.05) is 12.8 Å². The van der Waals surface area contributed by atoms with E-state index in [4.69, 9.17) is 19.6 Å². The smallest absolute Gasteiger partial charge is 0.378 e. The number of anilines is 1. The fourth-order valence-electron chi connectivity index (χ4n) is 2.56. The van der Waals surface area contributed by atoms with E-state index in [0.717, 1.165) is 11.3 Å². The van der Waals surface area contributed by atoms with Crippen LogP contribution >= 0.6 is 0 Å². The Morgan fingerprint density at radius 3 is 1.82 bits per heavy atom. The van der Waals surface area contributed by atoms with E-state index in [1.807, 2.05) is 25.1 Å². The Kier molecular flexibility index (Phi) is 8.97. The first kappa shape index (κ1) is 26.6. The molecule has 0 unspecified atom stereocenters. The number of fused-ring (bicyclic) bond motifs is 1. The summed E-state index contributed by atoms with van der Waals surface area (Å²) in [5.74, 6) is 0.741. The van der Waals surface area contributed by atoms with Gasteiger partial charge in [-0.25, -0.2) is 5.53 Å². The number of aryl methyl sites for hydroxylation is 1. The number of rotatable bonds is 2. The third-order valence-corrected chi connectivity index (χ3v) is 5.62. The van der Waals surface area contributed by atoms with Crippen molar-refractivity contribution in [3.8, 4) is 5.75 Å². The minimum atomic E-state index is -4.54. The Labute approximate surface area is 197 Å². The summed E-state index contributed by atoms with van der Waals surface area (Å²) in [7, 11) is -7.43. The zero-order valence-corrected chi connectivity index (χ0v) is 19.9. The van der Waals surface area contributed by atoms with Gasteiger partial charge in [0.15, 0.2) is 0 Å². The topological polar surface area (TPSA) is 172 Å². The molecule has 0 saturated carbocycles. The van der Waals surface area contributed by atoms with Crippen LogP contribution in [0.4, 0.5) is 5.69 Å². The van der Waals surface area contributed by atoms with E-state index in [9.17, 15) is 16.8 Å². The Morgan fingerprint density at radius 2 is 1.47 bits per heavy atom. The Hall–Kier alpha value is -3.65. The van der Waals surface area contributed by atoms with E-state index in [2.05, 4.69) is 53.6 Å². The van der Waals surface area contributed by atoms with Crippen molar-refractivity contribution in [2.45, 2.75) is 6.92 Å². The molecule has 0 fully saturated rings. The van der Waals surface area contributed by atoms with Gasteiger partial charge in [-0.1, -0.05) is 54.6 Å². The highest BCUT2D eigenvalue weighted by Crippen LogP contribution is 2.20. The van der Waals surface area contributed by atoms with Crippen LogP contribution in [0.5, 0.6) is 5.75 Å². The molecule has 4 rings (SSSR count). The average molecular weight is 509 g/mol. The third-order valence-electron chi connectivity index (χ3n) is 4.17. The minimum Gasteiger partial charge on any atom is -0.495 e. The molecule has 0 radical (unpaired) electrons. The molecule has 0 atom stereocenters. The van der Waals surface area contributed by atoms with Crippen LogP contribution in [-0.2, 0) is 20.4 Å². The molecule has 0 amide bonds. The SMILES string of the molecule is COc1ccc(C)cc1N.O=S(=O)(O)C1=NNN(S(=O)(=O)O)C=C1.c1ccc2ccccc2c1. The lowest BCUT2D eigenvalue weighted by Crippen LogP contribution is -2.38. The van der Waals surface area contributed by atoms with Crippen LogP contribution in [-0.4, -0.2) is 42.5 Å². The highest BCUT2D eigenvalue weighted by Gasteiger charge is 2.21. The molecule has 11 nitrogen and oxygen atoms in total. The molecule has 34 heavy (non-hydrogen) atoms. The minimum absolute atomic E-state index is 0.154. The number of ether oxygens (including phenoxy) is 1. The molecule has 3 aromatic carbocycles. The first-order valence-corrected chi connectivity index (χ1v) is 12.4. The average Bonchev–Trinajstić information content (AvgIpc) is 2.79. The normalized spacial score (nSPS) is 12.9. The molecule has 5 N–H and O–H groups in total. The summed E-state index contributed by atoms with van der Waals surface area (Å²) in [4.78, 5) is 0. The Morgan fingerprint density at radius 1 is 0.941 bits per heavy atom. The summed E-state index contributed by atoms with van der Waals surface area (Å²) in [6.45, 7) is 2.00. The summed E-state index contributed by atoms with van der Waals surface area (Å²) in [6, 6.07) is 22.4. The van der Waals surface area contributed by atoms with Gasteiger partial charge >= 0.3 is 20.4 Å². The van der Waals surface area contributed by atoms with Gasteiger partial charge in [-0.05, 0) is 41.5 Å². The van der Waals surface area contributed by atoms with Gasteiger partial charge in [0.05, 0.1) is 12.8 Å². The van der Waals surface area contributed by atoms with E-state index in [0.29, 0.717) is 18.0 Å². The van der Waals surface area contributed by atoms with E-state index in [-0.39, 0.29) is 4.41 Å². The van der Waals surface area contributed by atoms with Crippen molar-refractivity contribution in [1.82, 2.24) is 9.95 Å². The Balaban J connectivity index is 0.000000184. The summed E-state index contributed by atoms with van der Waals surface area (Å²) in [6.07, 6.45) is 1.37. The number of nitrogens with zero attached hydrogens (tertiary/aromatic N) is 2. The lowest BCUT2D eigenvalue weighted by atomic mass is 10.1. The van der Waals surface area contributed by atoms with Crippen molar-refractivity contribution in [3.63, 3.8) is 0 Å². The van der Waals surface area contributed by atoms with E-state index >= 15 is 0 Å². The number of hydrogen-bond acceptors (Lipinski definition) is 8. The molecular formula is C21H24N4O7S2. The molecule has 0 saturated heterocycles. The molecule has 182 valence electrons. The standard InChI is InChI=1S/C10H8.C8H11NO.C3H5N3O6S2/c1-2-6-10-8-4-3-7-9(10)5-1;1-6-3-4-8(10-2)7(9)5-6;7-13(8,9)3-1-2-6(5-4-3)14(10,11)12/h1-8H;3-5H,9H2,1-2H3;1-2,5H,(H,7,8,9)(H,10,11,12). The maximum Gasteiger partial charge on any atom is 0.378 e. The quantitative estimate of drug-likeness (QED) is 0.300. The largest absolute Gasteiger partial charge is 0.495 e. The van der Waals surface area contributed by atoms with Gasteiger partial charge in [-0.15, -0.1) is 9.52 Å². The molecule has 0 bridgehead atoms. The summed E-state index contributed by atoms with van der Waals surface area (Å²) >= 11 is 0. The second-order valence-corrected chi connectivity index (χ2v) is 9.36. The van der Waals surface area contributed by atoms with Gasteiger partial charge in [0.2, 0.25) is 5.04 Å². The van der Waals surface area contributed by atoms with Crippen LogP contribution in [0.1, 0.15) is 5.56 Å². The van der Waals surface area contributed by atoms with Gasteiger partial charge < -0.3 is 10.5 Å². The molecule has 13 heteroatoms. The van der Waals surface area contributed by atoms with Crippen molar-refractivity contribution < 1.29 is 30.7 Å². The molecule has 0 aliphatic carbocycles. The van der Waals surface area contributed by atoms with E-state index in [1.54, 1.807) is 12.6 Å². The second-order valence-electron chi connectivity index (χ2n) is 6.71. The maximum atomic E-state index is 10.4. The third kappa shape index (κ3) is 8.04. The zero-order valence-electron chi connectivity index (χ0n) is 18.2. The molecule has 3 aromatic rings. The summed E-state index contributed by atoms with van der Waals surface area (Å²) in [5.41, 5.74) is 9.13. The molecule has 1 aliphatic heterocycles. The van der Waals surface area contributed by atoms with Crippen molar-refractivity contribution >= 4 is 41.9 Å². The van der Waals surface area contributed by atoms with E-state index < -0.39 is 25.5 Å². The molecule has 1 heterocycles. The molecule has 0 aromatic heterocycles. The first-order valence-electron chi connectivity index (χ1n) is 9.51. The fraction of sp³-hybridized carbons (Fsp3) is 0.0952. The Bertz CT molecular complexity index is 1340. The molecular weight excluding hydrogens is 484 g/mol. The second kappa shape index (κ2) is 11.5. The number of hydrazine groups is 1. The monoisotopic (exact) mass is 508 g/mol. The van der Waals surface area contributed by atoms with Crippen LogP contribution in [0.15, 0.2) is 84.1 Å². The van der Waals surface area contributed by atoms with Crippen molar-refractivity contribution in [2.24, 2.45) is 5.10 Å². The fourth-order valence-corrected chi connectivity index (χ4v) is 3.31. The van der Waals surface area contributed by atoms with Gasteiger partial charge in [-0.2, -0.15) is 16.8 Å². The number of hydrogen-bond donors (Lipinski definition) is 4. The number of nitrogens with one attached hydrogen (secondary N) is 1. The summed E-state index contributed by atoms with van der Waals surface area (Å²) in [5, 5.41) is 4.83. The number of benzene rings is 3. The van der Waals surface area contributed by atoms with Crippen LogP contribution in [0.2, 0.25) is 0 Å². The van der Waals surface area contributed by atoms with Crippen molar-refractivity contribution in [3.05, 3.63) is 84.6 Å². The van der Waals surface area contributed by atoms with Crippen LogP contribution in [0.3, 0.4) is 0 Å². The highest BCUT2D eigenvalue weighted by atomic mass is 32.2. The van der Waals surface area contributed by atoms with E-state index in [1.165, 1.54) is 10.8 Å². The number of nitrogen functional groups attached to an aromatic ring is 1. The highest BCUT2D eigenvalue weighted by molar-refractivity contribution is 8.02. The number of methoxy groups -OCH3 is 1. The lowest BCUT2D eigenvalue weighted by Gasteiger charge is -2.17.